The lowest BCUT2D eigenvalue weighted by Gasteiger charge is -2.10. The van der Waals surface area contributed by atoms with Gasteiger partial charge >= 0.3 is 0 Å². The molecule has 7 nitrogen and oxygen atoms in total. The lowest BCUT2D eigenvalue weighted by Crippen LogP contribution is -2.14. The van der Waals surface area contributed by atoms with Crippen LogP contribution >= 0.6 is 23.1 Å². The maximum absolute atomic E-state index is 13.1. The van der Waals surface area contributed by atoms with Crippen molar-refractivity contribution >= 4 is 34.1 Å². The fourth-order valence-electron chi connectivity index (χ4n) is 3.40. The topological polar surface area (TPSA) is 85.6 Å². The molecule has 35 heavy (non-hydrogen) atoms. The zero-order valence-electron chi connectivity index (χ0n) is 18.3. The minimum Gasteiger partial charge on any atom is -0.301 e. The van der Waals surface area contributed by atoms with E-state index in [1.165, 1.54) is 35.2 Å². The first-order valence-corrected chi connectivity index (χ1v) is 12.5. The Morgan fingerprint density at radius 1 is 1.00 bits per heavy atom. The summed E-state index contributed by atoms with van der Waals surface area (Å²) < 4.78 is 15.0. The lowest BCUT2D eigenvalue weighted by molar-refractivity contribution is -0.113. The van der Waals surface area contributed by atoms with Crippen molar-refractivity contribution in [2.45, 2.75) is 11.6 Å². The van der Waals surface area contributed by atoms with Gasteiger partial charge in [0.15, 0.2) is 16.1 Å². The number of hydrogen-bond donors (Lipinski definition) is 1. The molecule has 0 radical (unpaired) electrons. The predicted molar refractivity (Wildman–Crippen MR) is 135 cm³/mol. The van der Waals surface area contributed by atoms with Gasteiger partial charge in [-0.3, -0.25) is 14.3 Å². The number of thiazole rings is 1. The summed E-state index contributed by atoms with van der Waals surface area (Å²) >= 11 is 2.70. The number of rotatable bonds is 8. The summed E-state index contributed by atoms with van der Waals surface area (Å²) in [7, 11) is 0. The highest BCUT2D eigenvalue weighted by molar-refractivity contribution is 7.99. The number of amides is 1. The zero-order valence-corrected chi connectivity index (χ0v) is 20.0. The molecule has 0 spiro atoms. The van der Waals surface area contributed by atoms with Crippen molar-refractivity contribution in [3.63, 3.8) is 0 Å². The fourth-order valence-corrected chi connectivity index (χ4v) is 5.01. The van der Waals surface area contributed by atoms with Crippen LogP contribution in [0.3, 0.4) is 0 Å². The molecule has 3 aromatic heterocycles. The number of thioether (sulfide) groups is 1. The van der Waals surface area contributed by atoms with E-state index in [4.69, 9.17) is 0 Å². The smallest absolute Gasteiger partial charge is 0.236 e. The number of para-hydroxylation sites is 1. The Labute approximate surface area is 209 Å². The second-order valence-corrected chi connectivity index (χ2v) is 9.54. The van der Waals surface area contributed by atoms with E-state index < -0.39 is 0 Å². The number of hydrogen-bond acceptors (Lipinski definition) is 7. The molecule has 0 bridgehead atoms. The molecule has 3 heterocycles. The van der Waals surface area contributed by atoms with E-state index in [0.717, 1.165) is 21.7 Å². The van der Waals surface area contributed by atoms with Crippen LogP contribution < -0.4 is 5.32 Å². The van der Waals surface area contributed by atoms with Crippen LogP contribution in [-0.4, -0.2) is 36.4 Å². The standard InChI is InChI=1S/C25H19FN6OS2/c26-19-8-6-17(7-9-19)14-21-15-28-24(35-21)29-22(33)16-34-25-31-30-23(18-10-12-27-13-11-18)32(25)20-4-2-1-3-5-20/h1-13,15H,14,16H2,(H,28,29,33). The molecule has 1 N–H and O–H groups in total. The molecular formula is C25H19FN6OS2. The second-order valence-electron chi connectivity index (χ2n) is 7.48. The van der Waals surface area contributed by atoms with Crippen LogP contribution in [0.1, 0.15) is 10.4 Å². The van der Waals surface area contributed by atoms with Gasteiger partial charge in [-0.15, -0.1) is 21.5 Å². The number of anilines is 1. The number of carbonyl (C=O) groups is 1. The summed E-state index contributed by atoms with van der Waals surface area (Å²) in [6.07, 6.45) is 5.76. The SMILES string of the molecule is O=C(CSc1nnc(-c2ccncc2)n1-c1ccccc1)Nc1ncc(Cc2ccc(F)cc2)s1. The van der Waals surface area contributed by atoms with Gasteiger partial charge in [-0.05, 0) is 42.0 Å². The van der Waals surface area contributed by atoms with E-state index in [1.54, 1.807) is 30.7 Å². The van der Waals surface area contributed by atoms with Gasteiger partial charge in [-0.2, -0.15) is 0 Å². The quantitative estimate of drug-likeness (QED) is 0.292. The maximum atomic E-state index is 13.1. The summed E-state index contributed by atoms with van der Waals surface area (Å²) in [5.41, 5.74) is 2.76. The first-order chi connectivity index (χ1) is 17.2. The molecule has 5 rings (SSSR count). The maximum Gasteiger partial charge on any atom is 0.236 e. The molecule has 2 aromatic carbocycles. The van der Waals surface area contributed by atoms with E-state index in [2.05, 4.69) is 25.5 Å². The van der Waals surface area contributed by atoms with Crippen molar-refractivity contribution in [3.05, 3.63) is 102 Å². The molecule has 0 atom stereocenters. The molecule has 174 valence electrons. The number of pyridine rings is 1. The number of halogens is 1. The minimum absolute atomic E-state index is 0.147. The number of nitrogens with zero attached hydrogens (tertiary/aromatic N) is 5. The van der Waals surface area contributed by atoms with Gasteiger partial charge in [-0.1, -0.05) is 42.1 Å². The second kappa shape index (κ2) is 10.6. The molecule has 5 aromatic rings. The van der Waals surface area contributed by atoms with Crippen molar-refractivity contribution in [2.75, 3.05) is 11.1 Å². The largest absolute Gasteiger partial charge is 0.301 e. The third-order valence-electron chi connectivity index (χ3n) is 5.01. The molecule has 0 aliphatic carbocycles. The van der Waals surface area contributed by atoms with Gasteiger partial charge in [-0.25, -0.2) is 9.37 Å². The Morgan fingerprint density at radius 3 is 2.54 bits per heavy atom. The van der Waals surface area contributed by atoms with E-state index in [1.807, 2.05) is 47.0 Å². The number of benzene rings is 2. The minimum atomic E-state index is -0.264. The van der Waals surface area contributed by atoms with Crippen LogP contribution in [0.5, 0.6) is 0 Å². The normalized spacial score (nSPS) is 10.9. The van der Waals surface area contributed by atoms with Gasteiger partial charge in [0.1, 0.15) is 5.82 Å². The van der Waals surface area contributed by atoms with Gasteiger partial charge in [0.25, 0.3) is 0 Å². The highest BCUT2D eigenvalue weighted by Gasteiger charge is 2.17. The third-order valence-corrected chi connectivity index (χ3v) is 6.85. The monoisotopic (exact) mass is 502 g/mol. The molecule has 0 saturated heterocycles. The summed E-state index contributed by atoms with van der Waals surface area (Å²) in [6, 6.07) is 19.9. The molecule has 0 aliphatic heterocycles. The van der Waals surface area contributed by atoms with Crippen molar-refractivity contribution in [3.8, 4) is 17.1 Å². The first-order valence-electron chi connectivity index (χ1n) is 10.7. The average molecular weight is 503 g/mol. The average Bonchev–Trinajstić information content (AvgIpc) is 3.52. The summed E-state index contributed by atoms with van der Waals surface area (Å²) in [6.45, 7) is 0. The van der Waals surface area contributed by atoms with E-state index in [9.17, 15) is 9.18 Å². The van der Waals surface area contributed by atoms with Crippen LogP contribution in [0.4, 0.5) is 9.52 Å². The van der Waals surface area contributed by atoms with Crippen molar-refractivity contribution in [1.29, 1.82) is 0 Å². The van der Waals surface area contributed by atoms with Gasteiger partial charge in [0.05, 0.1) is 5.75 Å². The van der Waals surface area contributed by atoms with Crippen LogP contribution in [0.2, 0.25) is 0 Å². The highest BCUT2D eigenvalue weighted by atomic mass is 32.2. The molecule has 1 amide bonds. The van der Waals surface area contributed by atoms with Gasteiger partial charge < -0.3 is 5.32 Å². The van der Waals surface area contributed by atoms with Crippen molar-refractivity contribution in [2.24, 2.45) is 0 Å². The number of aromatic nitrogens is 5. The van der Waals surface area contributed by atoms with Crippen molar-refractivity contribution in [1.82, 2.24) is 24.7 Å². The molecule has 0 fully saturated rings. The Hall–Kier alpha value is -3.89. The molecule has 0 aliphatic rings. The number of carbonyl (C=O) groups excluding carboxylic acids is 1. The molecule has 0 saturated carbocycles. The summed E-state index contributed by atoms with van der Waals surface area (Å²) in [5, 5.41) is 12.7. The highest BCUT2D eigenvalue weighted by Crippen LogP contribution is 2.28. The van der Waals surface area contributed by atoms with Crippen LogP contribution in [-0.2, 0) is 11.2 Å². The Balaban J connectivity index is 1.27. The Kier molecular flexibility index (Phi) is 6.92. The first kappa shape index (κ1) is 22.9. The van der Waals surface area contributed by atoms with Crippen LogP contribution in [0.25, 0.3) is 17.1 Å². The zero-order chi connectivity index (χ0) is 24.0. The van der Waals surface area contributed by atoms with E-state index in [0.29, 0.717) is 22.5 Å². The fraction of sp³-hybridized carbons (Fsp3) is 0.0800. The number of nitrogens with one attached hydrogen (secondary N) is 1. The Morgan fingerprint density at radius 2 is 1.77 bits per heavy atom. The molecule has 10 heteroatoms. The van der Waals surface area contributed by atoms with Gasteiger partial charge in [0, 0.05) is 41.1 Å². The van der Waals surface area contributed by atoms with E-state index in [-0.39, 0.29) is 17.5 Å². The predicted octanol–water partition coefficient (Wildman–Crippen LogP) is 5.25. The van der Waals surface area contributed by atoms with E-state index >= 15 is 0 Å². The molecule has 0 unspecified atom stereocenters. The van der Waals surface area contributed by atoms with Crippen LogP contribution in [0, 0.1) is 5.82 Å². The molecular weight excluding hydrogens is 483 g/mol. The van der Waals surface area contributed by atoms with Gasteiger partial charge in [0.2, 0.25) is 5.91 Å². The van der Waals surface area contributed by atoms with Crippen molar-refractivity contribution < 1.29 is 9.18 Å². The third kappa shape index (κ3) is 5.61. The summed E-state index contributed by atoms with van der Waals surface area (Å²) in [5.74, 6) is 0.367. The Bertz CT molecular complexity index is 1420. The van der Waals surface area contributed by atoms with Crippen LogP contribution in [0.15, 0.2) is 90.5 Å². The summed E-state index contributed by atoms with van der Waals surface area (Å²) in [4.78, 5) is 22.0. The lowest BCUT2D eigenvalue weighted by atomic mass is 10.1.